The number of benzene rings is 2. The van der Waals surface area contributed by atoms with Gasteiger partial charge in [0.25, 0.3) is 5.91 Å². The summed E-state index contributed by atoms with van der Waals surface area (Å²) in [6.07, 6.45) is 3.28. The van der Waals surface area contributed by atoms with Crippen LogP contribution in [-0.2, 0) is 4.79 Å². The molecule has 0 saturated heterocycles. The molecule has 6 nitrogen and oxygen atoms in total. The highest BCUT2D eigenvalue weighted by atomic mass is 16.5. The maximum Gasteiger partial charge on any atom is 0.253 e. The lowest BCUT2D eigenvalue weighted by atomic mass is 10.1. The van der Waals surface area contributed by atoms with E-state index in [9.17, 15) is 9.59 Å². The van der Waals surface area contributed by atoms with Gasteiger partial charge in [-0.25, -0.2) is 0 Å². The third-order valence-electron chi connectivity index (χ3n) is 5.29. The molecule has 0 aliphatic carbocycles. The Balaban J connectivity index is 1.82. The summed E-state index contributed by atoms with van der Waals surface area (Å²) in [6.45, 7) is 6.14. The average Bonchev–Trinajstić information content (AvgIpc) is 3.05. The number of hydrogen-bond acceptors (Lipinski definition) is 3. The number of carbonyl (C=O) groups excluding carboxylic acids is 2. The van der Waals surface area contributed by atoms with Crippen LogP contribution in [0.1, 0.15) is 32.9 Å². The molecule has 166 valence electrons. The van der Waals surface area contributed by atoms with Gasteiger partial charge in [-0.2, -0.15) is 0 Å². The van der Waals surface area contributed by atoms with Gasteiger partial charge in [-0.15, -0.1) is 0 Å². The van der Waals surface area contributed by atoms with Crippen LogP contribution in [0, 0.1) is 20.8 Å². The molecule has 0 saturated carbocycles. The molecule has 1 N–H and O–H groups in total. The van der Waals surface area contributed by atoms with Crippen molar-refractivity contribution in [1.29, 1.82) is 0 Å². The van der Waals surface area contributed by atoms with Gasteiger partial charge in [-0.05, 0) is 68.8 Å². The fraction of sp³-hybridized carbons (Fsp3) is 0.231. The second kappa shape index (κ2) is 9.56. The molecule has 1 aromatic heterocycles. The Labute approximate surface area is 189 Å². The van der Waals surface area contributed by atoms with E-state index in [0.29, 0.717) is 17.0 Å². The molecule has 0 fully saturated rings. The monoisotopic (exact) mass is 431 g/mol. The number of amides is 2. The molecule has 0 atom stereocenters. The summed E-state index contributed by atoms with van der Waals surface area (Å²) in [5.41, 5.74) is 6.30. The Kier molecular flexibility index (Phi) is 6.83. The summed E-state index contributed by atoms with van der Waals surface area (Å²) >= 11 is 0. The quantitative estimate of drug-likeness (QED) is 0.572. The smallest absolute Gasteiger partial charge is 0.253 e. The third-order valence-corrected chi connectivity index (χ3v) is 5.29. The number of ether oxygens (including phenoxy) is 1. The minimum Gasteiger partial charge on any atom is -0.495 e. The minimum atomic E-state index is -0.308. The topological polar surface area (TPSA) is 63.6 Å². The predicted molar refractivity (Wildman–Crippen MR) is 129 cm³/mol. The van der Waals surface area contributed by atoms with E-state index in [1.807, 2.05) is 13.8 Å². The maximum atomic E-state index is 12.6. The molecule has 6 heteroatoms. The molecule has 1 heterocycles. The highest BCUT2D eigenvalue weighted by molar-refractivity contribution is 6.04. The molecule has 2 aromatic carbocycles. The third kappa shape index (κ3) is 4.91. The van der Waals surface area contributed by atoms with Gasteiger partial charge in [0, 0.05) is 42.8 Å². The summed E-state index contributed by atoms with van der Waals surface area (Å²) in [4.78, 5) is 26.4. The van der Waals surface area contributed by atoms with Crippen molar-refractivity contribution in [2.24, 2.45) is 0 Å². The Morgan fingerprint density at radius 1 is 1.00 bits per heavy atom. The first-order valence-electron chi connectivity index (χ1n) is 10.4. The van der Waals surface area contributed by atoms with E-state index in [2.05, 4.69) is 47.1 Å². The first kappa shape index (κ1) is 22.9. The molecule has 0 radical (unpaired) electrons. The predicted octanol–water partition coefficient (Wildman–Crippen LogP) is 4.76. The standard InChI is InChI=1S/C26H29N3O3/c1-17-7-11-22(12-8-17)29-18(2)15-20(19(29)3)10-14-25(30)27-23-16-21(26(31)28(4)5)9-13-24(23)32-6/h7-16H,1-6H3,(H,27,30)/b14-10+. The second-order valence-electron chi connectivity index (χ2n) is 7.93. The van der Waals surface area contributed by atoms with Gasteiger partial charge in [0.1, 0.15) is 5.75 Å². The van der Waals surface area contributed by atoms with Gasteiger partial charge in [0.05, 0.1) is 12.8 Å². The second-order valence-corrected chi connectivity index (χ2v) is 7.93. The molecule has 32 heavy (non-hydrogen) atoms. The molecule has 3 aromatic rings. The van der Waals surface area contributed by atoms with E-state index in [0.717, 1.165) is 22.6 Å². The van der Waals surface area contributed by atoms with Crippen LogP contribution in [0.15, 0.2) is 54.6 Å². The Bertz CT molecular complexity index is 1170. The van der Waals surface area contributed by atoms with Gasteiger partial charge in [-0.3, -0.25) is 9.59 Å². The lowest BCUT2D eigenvalue weighted by molar-refractivity contribution is -0.111. The van der Waals surface area contributed by atoms with Crippen molar-refractivity contribution in [3.63, 3.8) is 0 Å². The molecule has 0 unspecified atom stereocenters. The van der Waals surface area contributed by atoms with Crippen molar-refractivity contribution < 1.29 is 14.3 Å². The zero-order valence-electron chi connectivity index (χ0n) is 19.4. The van der Waals surface area contributed by atoms with Crippen LogP contribution >= 0.6 is 0 Å². The number of carbonyl (C=O) groups is 2. The number of nitrogens with zero attached hydrogens (tertiary/aromatic N) is 2. The van der Waals surface area contributed by atoms with Crippen LogP contribution < -0.4 is 10.1 Å². The Morgan fingerprint density at radius 3 is 2.31 bits per heavy atom. The number of rotatable bonds is 6. The van der Waals surface area contributed by atoms with Crippen LogP contribution in [0.2, 0.25) is 0 Å². The number of hydrogen-bond donors (Lipinski definition) is 1. The van der Waals surface area contributed by atoms with Crippen molar-refractivity contribution in [2.45, 2.75) is 20.8 Å². The largest absolute Gasteiger partial charge is 0.495 e. The summed E-state index contributed by atoms with van der Waals surface area (Å²) < 4.78 is 7.50. The Morgan fingerprint density at radius 2 is 1.69 bits per heavy atom. The highest BCUT2D eigenvalue weighted by Gasteiger charge is 2.13. The van der Waals surface area contributed by atoms with Crippen LogP contribution in [-0.4, -0.2) is 42.5 Å². The molecule has 0 aliphatic rings. The van der Waals surface area contributed by atoms with E-state index >= 15 is 0 Å². The van der Waals surface area contributed by atoms with Crippen molar-refractivity contribution in [1.82, 2.24) is 9.47 Å². The van der Waals surface area contributed by atoms with Crippen molar-refractivity contribution in [3.8, 4) is 11.4 Å². The van der Waals surface area contributed by atoms with Crippen LogP contribution in [0.3, 0.4) is 0 Å². The van der Waals surface area contributed by atoms with Crippen LogP contribution in [0.25, 0.3) is 11.8 Å². The molecular weight excluding hydrogens is 402 g/mol. The number of aromatic nitrogens is 1. The van der Waals surface area contributed by atoms with Crippen LogP contribution in [0.4, 0.5) is 5.69 Å². The fourth-order valence-electron chi connectivity index (χ4n) is 3.58. The Hall–Kier alpha value is -3.80. The SMILES string of the molecule is COc1ccc(C(=O)N(C)C)cc1NC(=O)/C=C/c1cc(C)n(-c2ccc(C)cc2)c1C. The van der Waals surface area contributed by atoms with E-state index in [1.54, 1.807) is 38.4 Å². The first-order valence-corrected chi connectivity index (χ1v) is 10.4. The van der Waals surface area contributed by atoms with Gasteiger partial charge < -0.3 is 19.5 Å². The lowest BCUT2D eigenvalue weighted by Gasteiger charge is -2.14. The maximum absolute atomic E-state index is 12.6. The van der Waals surface area contributed by atoms with Crippen molar-refractivity contribution in [2.75, 3.05) is 26.5 Å². The van der Waals surface area contributed by atoms with E-state index < -0.39 is 0 Å². The molecule has 0 aliphatic heterocycles. The number of aryl methyl sites for hydroxylation is 2. The summed E-state index contributed by atoms with van der Waals surface area (Å²) in [6, 6.07) is 15.4. The van der Waals surface area contributed by atoms with E-state index in [-0.39, 0.29) is 11.8 Å². The van der Waals surface area contributed by atoms with Gasteiger partial charge >= 0.3 is 0 Å². The van der Waals surface area contributed by atoms with E-state index in [1.165, 1.54) is 23.6 Å². The van der Waals surface area contributed by atoms with Crippen molar-refractivity contribution in [3.05, 3.63) is 82.7 Å². The molecule has 2 amide bonds. The normalized spacial score (nSPS) is 10.9. The van der Waals surface area contributed by atoms with E-state index in [4.69, 9.17) is 4.74 Å². The summed E-state index contributed by atoms with van der Waals surface area (Å²) in [7, 11) is 4.88. The minimum absolute atomic E-state index is 0.151. The number of anilines is 1. The summed E-state index contributed by atoms with van der Waals surface area (Å²) in [5.74, 6) is 0.0275. The van der Waals surface area contributed by atoms with Crippen LogP contribution in [0.5, 0.6) is 5.75 Å². The van der Waals surface area contributed by atoms with Gasteiger partial charge in [0.2, 0.25) is 5.91 Å². The molecule has 3 rings (SSSR count). The average molecular weight is 432 g/mol. The summed E-state index contributed by atoms with van der Waals surface area (Å²) in [5, 5.41) is 2.82. The fourth-order valence-corrected chi connectivity index (χ4v) is 3.58. The molecular formula is C26H29N3O3. The van der Waals surface area contributed by atoms with Gasteiger partial charge in [0.15, 0.2) is 0 Å². The molecule has 0 bridgehead atoms. The zero-order chi connectivity index (χ0) is 23.4. The number of methoxy groups -OCH3 is 1. The molecule has 0 spiro atoms. The first-order chi connectivity index (χ1) is 15.2. The lowest BCUT2D eigenvalue weighted by Crippen LogP contribution is -2.22. The highest BCUT2D eigenvalue weighted by Crippen LogP contribution is 2.26. The zero-order valence-corrected chi connectivity index (χ0v) is 19.4. The number of nitrogens with one attached hydrogen (secondary N) is 1. The van der Waals surface area contributed by atoms with Crippen molar-refractivity contribution >= 4 is 23.6 Å². The van der Waals surface area contributed by atoms with Gasteiger partial charge in [-0.1, -0.05) is 17.7 Å².